The van der Waals surface area contributed by atoms with Gasteiger partial charge in [-0.15, -0.1) is 0 Å². The van der Waals surface area contributed by atoms with Gasteiger partial charge in [-0.1, -0.05) is 24.3 Å². The van der Waals surface area contributed by atoms with Crippen molar-refractivity contribution in [2.24, 2.45) is 0 Å². The molecular formula is C18H17NO6. The summed E-state index contributed by atoms with van der Waals surface area (Å²) < 4.78 is 5.10. The first-order valence-electron chi connectivity index (χ1n) is 7.40. The van der Waals surface area contributed by atoms with Crippen molar-refractivity contribution < 1.29 is 29.3 Å². The summed E-state index contributed by atoms with van der Waals surface area (Å²) in [7, 11) is 1.57. The number of carboxylic acid groups (broad SMARTS) is 2. The third-order valence-corrected chi connectivity index (χ3v) is 3.53. The fourth-order valence-corrected chi connectivity index (χ4v) is 2.24. The molecule has 0 spiro atoms. The third kappa shape index (κ3) is 4.81. The number of benzene rings is 2. The van der Waals surface area contributed by atoms with Crippen LogP contribution in [0.5, 0.6) is 5.75 Å². The van der Waals surface area contributed by atoms with Crippen molar-refractivity contribution in [2.45, 2.75) is 12.5 Å². The van der Waals surface area contributed by atoms with Gasteiger partial charge in [0.2, 0.25) is 0 Å². The van der Waals surface area contributed by atoms with Crippen molar-refractivity contribution in [3.8, 4) is 16.9 Å². The van der Waals surface area contributed by atoms with Crippen molar-refractivity contribution >= 4 is 17.8 Å². The van der Waals surface area contributed by atoms with Crippen LogP contribution in [0.25, 0.3) is 11.1 Å². The Hall–Kier alpha value is -3.35. The molecule has 130 valence electrons. The van der Waals surface area contributed by atoms with E-state index in [1.54, 1.807) is 31.4 Å². The smallest absolute Gasteiger partial charge is 0.326 e. The lowest BCUT2D eigenvalue weighted by molar-refractivity contribution is -0.145. The largest absolute Gasteiger partial charge is 0.497 e. The molecule has 25 heavy (non-hydrogen) atoms. The molecule has 7 nitrogen and oxygen atoms in total. The highest BCUT2D eigenvalue weighted by molar-refractivity contribution is 5.98. The summed E-state index contributed by atoms with van der Waals surface area (Å²) >= 11 is 0. The van der Waals surface area contributed by atoms with E-state index in [9.17, 15) is 14.4 Å². The Balaban J connectivity index is 2.20. The zero-order valence-electron chi connectivity index (χ0n) is 13.4. The van der Waals surface area contributed by atoms with Gasteiger partial charge in [0.25, 0.3) is 5.91 Å². The topological polar surface area (TPSA) is 113 Å². The van der Waals surface area contributed by atoms with Crippen LogP contribution in [0.4, 0.5) is 0 Å². The minimum absolute atomic E-state index is 0.241. The number of amides is 1. The number of aliphatic carboxylic acids is 2. The first kappa shape index (κ1) is 18.0. The highest BCUT2D eigenvalue weighted by Crippen LogP contribution is 2.23. The summed E-state index contributed by atoms with van der Waals surface area (Å²) in [4.78, 5) is 34.0. The lowest BCUT2D eigenvalue weighted by atomic mass is 10.0. The Labute approximate surface area is 143 Å². The molecule has 0 radical (unpaired) electrons. The van der Waals surface area contributed by atoms with E-state index in [0.717, 1.165) is 11.1 Å². The summed E-state index contributed by atoms with van der Waals surface area (Å²) in [6, 6.07) is 12.4. The molecule has 0 heterocycles. The molecule has 1 atom stereocenters. The molecule has 0 bridgehead atoms. The van der Waals surface area contributed by atoms with E-state index in [-0.39, 0.29) is 5.56 Å². The molecule has 0 aliphatic heterocycles. The van der Waals surface area contributed by atoms with Gasteiger partial charge in [0.1, 0.15) is 11.8 Å². The molecule has 0 unspecified atom stereocenters. The number of carbonyl (C=O) groups excluding carboxylic acids is 1. The van der Waals surface area contributed by atoms with Crippen molar-refractivity contribution in [1.82, 2.24) is 5.32 Å². The maximum Gasteiger partial charge on any atom is 0.326 e. The molecule has 0 saturated carbocycles. The first-order valence-corrected chi connectivity index (χ1v) is 7.40. The van der Waals surface area contributed by atoms with Gasteiger partial charge >= 0.3 is 11.9 Å². The maximum atomic E-state index is 12.2. The predicted octanol–water partition coefficient (Wildman–Crippen LogP) is 2.02. The molecule has 2 rings (SSSR count). The molecule has 3 N–H and O–H groups in total. The Kier molecular flexibility index (Phi) is 5.73. The fraction of sp³-hybridized carbons (Fsp3) is 0.167. The highest BCUT2D eigenvalue weighted by atomic mass is 16.5. The Morgan fingerprint density at radius 1 is 1.04 bits per heavy atom. The van der Waals surface area contributed by atoms with Crippen molar-refractivity contribution in [3.63, 3.8) is 0 Å². The Morgan fingerprint density at radius 3 is 2.28 bits per heavy atom. The molecule has 7 heteroatoms. The molecule has 0 aliphatic rings. The van der Waals surface area contributed by atoms with E-state index < -0.39 is 30.3 Å². The summed E-state index contributed by atoms with van der Waals surface area (Å²) in [5.41, 5.74) is 1.86. The number of hydrogen-bond acceptors (Lipinski definition) is 4. The summed E-state index contributed by atoms with van der Waals surface area (Å²) in [6.07, 6.45) is -0.695. The molecular weight excluding hydrogens is 326 g/mol. The second-order valence-electron chi connectivity index (χ2n) is 5.27. The van der Waals surface area contributed by atoms with Crippen LogP contribution >= 0.6 is 0 Å². The summed E-state index contributed by atoms with van der Waals surface area (Å²) in [5.74, 6) is -2.65. The summed E-state index contributed by atoms with van der Waals surface area (Å²) in [5, 5.41) is 20.0. The third-order valence-electron chi connectivity index (χ3n) is 3.53. The van der Waals surface area contributed by atoms with Gasteiger partial charge < -0.3 is 20.3 Å². The quantitative estimate of drug-likeness (QED) is 0.709. The van der Waals surface area contributed by atoms with Gasteiger partial charge in [0, 0.05) is 5.56 Å². The van der Waals surface area contributed by atoms with Crippen LogP contribution in [-0.2, 0) is 9.59 Å². The zero-order chi connectivity index (χ0) is 18.4. The van der Waals surface area contributed by atoms with Crippen LogP contribution in [0.2, 0.25) is 0 Å². The SMILES string of the molecule is COc1ccc(-c2cccc(C(=O)N[C@@H](CC(=O)O)C(=O)O)c2)cc1. The second kappa shape index (κ2) is 7.96. The zero-order valence-corrected chi connectivity index (χ0v) is 13.4. The van der Waals surface area contributed by atoms with E-state index >= 15 is 0 Å². The minimum Gasteiger partial charge on any atom is -0.497 e. The average Bonchev–Trinajstić information content (AvgIpc) is 2.60. The normalized spacial score (nSPS) is 11.4. The maximum absolute atomic E-state index is 12.2. The van der Waals surface area contributed by atoms with E-state index in [4.69, 9.17) is 14.9 Å². The average molecular weight is 343 g/mol. The molecule has 1 amide bonds. The molecule has 0 aliphatic carbocycles. The van der Waals surface area contributed by atoms with Crippen LogP contribution in [0.3, 0.4) is 0 Å². The molecule has 0 aromatic heterocycles. The fourth-order valence-electron chi connectivity index (χ4n) is 2.24. The number of methoxy groups -OCH3 is 1. The van der Waals surface area contributed by atoms with Crippen LogP contribution in [0.15, 0.2) is 48.5 Å². The number of ether oxygens (including phenoxy) is 1. The summed E-state index contributed by atoms with van der Waals surface area (Å²) in [6.45, 7) is 0. The molecule has 0 saturated heterocycles. The monoisotopic (exact) mass is 343 g/mol. The van der Waals surface area contributed by atoms with Crippen molar-refractivity contribution in [3.05, 3.63) is 54.1 Å². The van der Waals surface area contributed by atoms with Gasteiger partial charge in [-0.25, -0.2) is 4.79 Å². The number of carboxylic acids is 2. The van der Waals surface area contributed by atoms with Gasteiger partial charge in [0.15, 0.2) is 0 Å². The Bertz CT molecular complexity index is 784. The van der Waals surface area contributed by atoms with Crippen molar-refractivity contribution in [1.29, 1.82) is 0 Å². The first-order chi connectivity index (χ1) is 11.9. The molecule has 2 aromatic carbocycles. The van der Waals surface area contributed by atoms with Gasteiger partial charge in [-0.2, -0.15) is 0 Å². The lowest BCUT2D eigenvalue weighted by Gasteiger charge is -2.13. The Morgan fingerprint density at radius 2 is 1.72 bits per heavy atom. The van der Waals surface area contributed by atoms with Gasteiger partial charge in [0.05, 0.1) is 13.5 Å². The highest BCUT2D eigenvalue weighted by Gasteiger charge is 2.23. The van der Waals surface area contributed by atoms with Gasteiger partial charge in [-0.05, 0) is 35.4 Å². The van der Waals surface area contributed by atoms with Crippen LogP contribution in [0.1, 0.15) is 16.8 Å². The molecule has 2 aromatic rings. The van der Waals surface area contributed by atoms with Crippen LogP contribution in [-0.4, -0.2) is 41.2 Å². The second-order valence-corrected chi connectivity index (χ2v) is 5.27. The standard InChI is InChI=1S/C18H17NO6/c1-25-14-7-5-11(6-8-14)12-3-2-4-13(9-12)17(22)19-15(18(23)24)10-16(20)21/h2-9,15H,10H2,1H3,(H,19,22)(H,20,21)(H,23,24)/t15-/m0/s1. The van der Waals surface area contributed by atoms with Crippen LogP contribution in [0, 0.1) is 0 Å². The predicted molar refractivity (Wildman–Crippen MR) is 89.6 cm³/mol. The number of nitrogens with one attached hydrogen (secondary N) is 1. The number of rotatable bonds is 7. The molecule has 0 fully saturated rings. The number of carbonyl (C=O) groups is 3. The van der Waals surface area contributed by atoms with E-state index in [1.807, 2.05) is 18.2 Å². The van der Waals surface area contributed by atoms with Gasteiger partial charge in [-0.3, -0.25) is 9.59 Å². The van der Waals surface area contributed by atoms with Crippen molar-refractivity contribution in [2.75, 3.05) is 7.11 Å². The van der Waals surface area contributed by atoms with E-state index in [1.165, 1.54) is 6.07 Å². The lowest BCUT2D eigenvalue weighted by Crippen LogP contribution is -2.42. The van der Waals surface area contributed by atoms with Crippen LogP contribution < -0.4 is 10.1 Å². The van der Waals surface area contributed by atoms with E-state index in [0.29, 0.717) is 5.75 Å². The number of hydrogen-bond donors (Lipinski definition) is 3. The minimum atomic E-state index is -1.49. The van der Waals surface area contributed by atoms with E-state index in [2.05, 4.69) is 5.32 Å².